The van der Waals surface area contributed by atoms with Crippen LogP contribution in [0, 0.1) is 0 Å². The van der Waals surface area contributed by atoms with Gasteiger partial charge in [-0.25, -0.2) is 4.79 Å². The van der Waals surface area contributed by atoms with Crippen molar-refractivity contribution in [2.45, 2.75) is 26.5 Å². The van der Waals surface area contributed by atoms with E-state index in [1.807, 2.05) is 0 Å². The zero-order chi connectivity index (χ0) is 29.4. The lowest BCUT2D eigenvalue weighted by atomic mass is 10.1. The van der Waals surface area contributed by atoms with Crippen LogP contribution in [-0.2, 0) is 11.3 Å². The van der Waals surface area contributed by atoms with E-state index < -0.39 is 24.4 Å². The number of carboxylic acid groups (broad SMARTS) is 1. The minimum Gasteiger partial charge on any atom is -0.487 e. The van der Waals surface area contributed by atoms with E-state index in [-0.39, 0.29) is 41.1 Å². The second kappa shape index (κ2) is 13.2. The lowest BCUT2D eigenvalue weighted by molar-refractivity contribution is -0.139. The van der Waals surface area contributed by atoms with Gasteiger partial charge in [-0.3, -0.25) is 9.59 Å². The molecule has 3 aromatic rings. The number of carboxylic acids is 1. The van der Waals surface area contributed by atoms with Crippen molar-refractivity contribution in [3.05, 3.63) is 81.9 Å². The Bertz CT molecular complexity index is 1440. The van der Waals surface area contributed by atoms with E-state index in [1.165, 1.54) is 18.2 Å². The third-order valence-corrected chi connectivity index (χ3v) is 5.60. The molecular formula is C27H28ClN5O7. The highest BCUT2D eigenvalue weighted by Gasteiger charge is 2.20. The SMILES string of the molecule is CC(C)Oc1cc(C(N)=O)cc(CNc2ccc(Cl)cc2C(=O)Nc2ccc(/C(N)=N/O)cc2)c1OCC(=O)O. The number of nitrogens with two attached hydrogens (primary N) is 2. The normalized spacial score (nSPS) is 11.2. The predicted octanol–water partition coefficient (Wildman–Crippen LogP) is 3.65. The summed E-state index contributed by atoms with van der Waals surface area (Å²) in [6, 6.07) is 13.8. The number of aliphatic carboxylic acids is 1. The second-order valence-electron chi connectivity index (χ2n) is 8.74. The minimum absolute atomic E-state index is 0.000901. The van der Waals surface area contributed by atoms with Gasteiger partial charge in [0.05, 0.1) is 11.7 Å². The Kier molecular flexibility index (Phi) is 9.76. The summed E-state index contributed by atoms with van der Waals surface area (Å²) in [5, 5.41) is 27.1. The average Bonchev–Trinajstić information content (AvgIpc) is 2.90. The van der Waals surface area contributed by atoms with Gasteiger partial charge in [0.25, 0.3) is 5.91 Å². The molecule has 0 spiro atoms. The van der Waals surface area contributed by atoms with Crippen molar-refractivity contribution in [3.8, 4) is 11.5 Å². The fourth-order valence-electron chi connectivity index (χ4n) is 3.60. The smallest absolute Gasteiger partial charge is 0.341 e. The highest BCUT2D eigenvalue weighted by atomic mass is 35.5. The van der Waals surface area contributed by atoms with E-state index in [2.05, 4.69) is 15.8 Å². The molecule has 0 aliphatic heterocycles. The van der Waals surface area contributed by atoms with Crippen molar-refractivity contribution < 1.29 is 34.2 Å². The molecule has 0 unspecified atom stereocenters. The third-order valence-electron chi connectivity index (χ3n) is 5.36. The lowest BCUT2D eigenvalue weighted by Crippen LogP contribution is -2.18. The van der Waals surface area contributed by atoms with Crippen LogP contribution in [0.15, 0.2) is 59.8 Å². The topological polar surface area (TPSA) is 199 Å². The Hall–Kier alpha value is -4.97. The number of anilines is 2. The first-order valence-electron chi connectivity index (χ1n) is 11.9. The summed E-state index contributed by atoms with van der Waals surface area (Å²) >= 11 is 6.17. The highest BCUT2D eigenvalue weighted by molar-refractivity contribution is 6.31. The van der Waals surface area contributed by atoms with Gasteiger partial charge in [-0.2, -0.15) is 0 Å². The number of rotatable bonds is 12. The molecule has 210 valence electrons. The maximum Gasteiger partial charge on any atom is 0.341 e. The summed E-state index contributed by atoms with van der Waals surface area (Å²) in [5.41, 5.74) is 13.1. The molecule has 3 rings (SSSR count). The van der Waals surface area contributed by atoms with Crippen LogP contribution in [0.5, 0.6) is 11.5 Å². The molecule has 13 heteroatoms. The highest BCUT2D eigenvalue weighted by Crippen LogP contribution is 2.35. The lowest BCUT2D eigenvalue weighted by Gasteiger charge is -2.20. The number of oxime groups is 1. The number of hydrogen-bond donors (Lipinski definition) is 6. The number of halogens is 1. The maximum atomic E-state index is 13.2. The number of primary amides is 1. The monoisotopic (exact) mass is 569 g/mol. The number of carbonyl (C=O) groups is 3. The fraction of sp³-hybridized carbons (Fsp3) is 0.185. The van der Waals surface area contributed by atoms with Crippen LogP contribution in [0.3, 0.4) is 0 Å². The van der Waals surface area contributed by atoms with Gasteiger partial charge in [0.2, 0.25) is 5.91 Å². The summed E-state index contributed by atoms with van der Waals surface area (Å²) in [4.78, 5) is 36.4. The summed E-state index contributed by atoms with van der Waals surface area (Å²) in [7, 11) is 0. The zero-order valence-corrected chi connectivity index (χ0v) is 22.4. The Labute approximate surface area is 234 Å². The van der Waals surface area contributed by atoms with E-state index in [1.54, 1.807) is 50.2 Å². The van der Waals surface area contributed by atoms with Crippen LogP contribution in [0.1, 0.15) is 45.7 Å². The standard InChI is InChI=1S/C27H28ClN5O7/c1-14(2)40-22-10-16(26(30)36)9-17(24(22)39-13-23(34)35)12-31-21-8-5-18(28)11-20(21)27(37)32-19-6-3-15(4-7-19)25(29)33-38/h3-11,14,31,38H,12-13H2,1-2H3,(H2,29,33)(H2,30,36)(H,32,37)(H,34,35). The molecule has 0 radical (unpaired) electrons. The van der Waals surface area contributed by atoms with Crippen molar-refractivity contribution in [2.24, 2.45) is 16.6 Å². The van der Waals surface area contributed by atoms with Gasteiger partial charge in [-0.1, -0.05) is 16.8 Å². The van der Waals surface area contributed by atoms with Crippen molar-refractivity contribution in [1.29, 1.82) is 0 Å². The fourth-order valence-corrected chi connectivity index (χ4v) is 3.77. The van der Waals surface area contributed by atoms with Crippen LogP contribution in [0.2, 0.25) is 5.02 Å². The van der Waals surface area contributed by atoms with Gasteiger partial charge in [0.15, 0.2) is 23.9 Å². The molecule has 40 heavy (non-hydrogen) atoms. The number of ether oxygens (including phenoxy) is 2. The Balaban J connectivity index is 1.92. The summed E-state index contributed by atoms with van der Waals surface area (Å²) in [5.74, 6) is -2.23. The molecule has 0 aromatic heterocycles. The third kappa shape index (κ3) is 7.77. The molecule has 3 aromatic carbocycles. The molecule has 0 atom stereocenters. The van der Waals surface area contributed by atoms with Crippen molar-refractivity contribution in [2.75, 3.05) is 17.2 Å². The largest absolute Gasteiger partial charge is 0.487 e. The van der Waals surface area contributed by atoms with Gasteiger partial charge in [-0.15, -0.1) is 0 Å². The number of nitrogens with one attached hydrogen (secondary N) is 2. The van der Waals surface area contributed by atoms with Gasteiger partial charge in [-0.05, 0) is 68.4 Å². The van der Waals surface area contributed by atoms with Gasteiger partial charge in [0, 0.05) is 39.6 Å². The first kappa shape index (κ1) is 29.6. The predicted molar refractivity (Wildman–Crippen MR) is 150 cm³/mol. The van der Waals surface area contributed by atoms with Crippen molar-refractivity contribution in [1.82, 2.24) is 0 Å². The Morgan fingerprint density at radius 3 is 2.33 bits per heavy atom. The van der Waals surface area contributed by atoms with Crippen LogP contribution in [0.25, 0.3) is 0 Å². The first-order valence-corrected chi connectivity index (χ1v) is 12.3. The molecule has 0 bridgehead atoms. The van der Waals surface area contributed by atoms with Crippen LogP contribution in [-0.4, -0.2) is 46.6 Å². The number of amidine groups is 1. The van der Waals surface area contributed by atoms with Gasteiger partial charge in [0.1, 0.15) is 0 Å². The Morgan fingerprint density at radius 1 is 1.02 bits per heavy atom. The number of hydrogen-bond acceptors (Lipinski definition) is 8. The van der Waals surface area contributed by atoms with Crippen LogP contribution < -0.4 is 31.6 Å². The average molecular weight is 570 g/mol. The molecule has 2 amide bonds. The number of nitrogens with zero attached hydrogens (tertiary/aromatic N) is 1. The molecular weight excluding hydrogens is 542 g/mol. The van der Waals surface area contributed by atoms with E-state index in [4.69, 9.17) is 42.9 Å². The quantitative estimate of drug-likeness (QED) is 0.0815. The first-order chi connectivity index (χ1) is 19.0. The van der Waals surface area contributed by atoms with E-state index in [0.717, 1.165) is 0 Å². The van der Waals surface area contributed by atoms with Crippen molar-refractivity contribution >= 4 is 46.6 Å². The minimum atomic E-state index is -1.20. The van der Waals surface area contributed by atoms with Crippen molar-refractivity contribution in [3.63, 3.8) is 0 Å². The number of benzene rings is 3. The molecule has 0 saturated carbocycles. The summed E-state index contributed by atoms with van der Waals surface area (Å²) in [6.45, 7) is 2.87. The Morgan fingerprint density at radius 2 is 1.73 bits per heavy atom. The molecule has 0 fully saturated rings. The van der Waals surface area contributed by atoms with Crippen LogP contribution >= 0.6 is 11.6 Å². The van der Waals surface area contributed by atoms with Gasteiger partial charge >= 0.3 is 5.97 Å². The molecule has 0 heterocycles. The molecule has 0 aliphatic rings. The molecule has 8 N–H and O–H groups in total. The van der Waals surface area contributed by atoms with E-state index in [9.17, 15) is 14.4 Å². The maximum absolute atomic E-state index is 13.2. The molecule has 12 nitrogen and oxygen atoms in total. The second-order valence-corrected chi connectivity index (χ2v) is 9.17. The zero-order valence-electron chi connectivity index (χ0n) is 21.6. The van der Waals surface area contributed by atoms with Gasteiger partial charge < -0.3 is 41.9 Å². The van der Waals surface area contributed by atoms with E-state index >= 15 is 0 Å². The summed E-state index contributed by atoms with van der Waals surface area (Å²) < 4.78 is 11.3. The summed E-state index contributed by atoms with van der Waals surface area (Å²) in [6.07, 6.45) is -0.316. The molecule has 0 aliphatic carbocycles. The van der Waals surface area contributed by atoms with E-state index in [0.29, 0.717) is 27.5 Å². The van der Waals surface area contributed by atoms with Crippen LogP contribution in [0.4, 0.5) is 11.4 Å². The number of carbonyl (C=O) groups excluding carboxylic acids is 2. The number of amides is 2. The molecule has 0 saturated heterocycles.